The van der Waals surface area contributed by atoms with Crippen molar-refractivity contribution in [1.29, 1.82) is 0 Å². The van der Waals surface area contributed by atoms with Gasteiger partial charge in [-0.2, -0.15) is 5.10 Å². The maximum Gasteiger partial charge on any atom is 0.254 e. The molecule has 7 rings (SSSR count). The molecule has 2 aliphatic heterocycles. The summed E-state index contributed by atoms with van der Waals surface area (Å²) in [6.07, 6.45) is 5.26. The van der Waals surface area contributed by atoms with Crippen LogP contribution >= 0.6 is 0 Å². The molecular formula is C43H51FN8O3. The summed E-state index contributed by atoms with van der Waals surface area (Å²) in [5.74, 6) is -1.32. The average Bonchev–Trinajstić information content (AvgIpc) is 3.44. The molecule has 0 atom stereocenters. The lowest BCUT2D eigenvalue weighted by atomic mass is 9.99. The Bertz CT molecular complexity index is 2140. The summed E-state index contributed by atoms with van der Waals surface area (Å²) >= 11 is 0. The Kier molecular flexibility index (Phi) is 12.1. The van der Waals surface area contributed by atoms with E-state index >= 15 is 4.39 Å². The highest BCUT2D eigenvalue weighted by atomic mass is 19.1. The number of anilines is 1. The molecule has 2 amide bonds. The summed E-state index contributed by atoms with van der Waals surface area (Å²) in [4.78, 5) is 36.1. The Morgan fingerprint density at radius 1 is 0.964 bits per heavy atom. The number of hydrogen-bond donors (Lipinski definition) is 3. The van der Waals surface area contributed by atoms with Crippen LogP contribution < -0.4 is 16.4 Å². The number of carbonyl (C=O) groups is 2. The molecule has 2 saturated heterocycles. The number of primary amides is 1. The topological polar surface area (TPSA) is 131 Å². The summed E-state index contributed by atoms with van der Waals surface area (Å²) in [6, 6.07) is 19.9. The SMILES string of the molecule is CCc1nc2c(cnn2CC)c(NC2CCOCC2)c1CN(Cc1cc(F)cc(-c2cccc(CN3CCCNCC3)c2)c1)C(=O)c1cccc(C(N)=O)c1. The van der Waals surface area contributed by atoms with Gasteiger partial charge < -0.3 is 26.0 Å². The number of fused-ring (bicyclic) bond motifs is 1. The molecule has 12 heteroatoms. The summed E-state index contributed by atoms with van der Waals surface area (Å²) in [5, 5.41) is 12.8. The molecule has 288 valence electrons. The lowest BCUT2D eigenvalue weighted by Crippen LogP contribution is -2.33. The van der Waals surface area contributed by atoms with Crippen LogP contribution in [0.3, 0.4) is 0 Å². The second-order valence-electron chi connectivity index (χ2n) is 14.5. The first kappa shape index (κ1) is 38.1. The van der Waals surface area contributed by atoms with Crippen LogP contribution in [0.25, 0.3) is 22.2 Å². The Labute approximate surface area is 322 Å². The quantitative estimate of drug-likeness (QED) is 0.131. The number of halogens is 1. The number of hydrogen-bond acceptors (Lipinski definition) is 8. The van der Waals surface area contributed by atoms with Gasteiger partial charge in [0.1, 0.15) is 5.82 Å². The number of aromatic nitrogens is 3. The number of nitrogens with two attached hydrogens (primary N) is 1. The number of ether oxygens (including phenoxy) is 1. The van der Waals surface area contributed by atoms with Crippen LogP contribution in [0.1, 0.15) is 76.2 Å². The molecule has 0 aliphatic carbocycles. The monoisotopic (exact) mass is 746 g/mol. The van der Waals surface area contributed by atoms with E-state index in [2.05, 4.69) is 39.7 Å². The fourth-order valence-corrected chi connectivity index (χ4v) is 7.75. The second-order valence-corrected chi connectivity index (χ2v) is 14.5. The van der Waals surface area contributed by atoms with Gasteiger partial charge in [0.15, 0.2) is 5.65 Å². The highest BCUT2D eigenvalue weighted by molar-refractivity contribution is 5.99. The molecular weight excluding hydrogens is 696 g/mol. The fourth-order valence-electron chi connectivity index (χ4n) is 7.75. The van der Waals surface area contributed by atoms with E-state index in [0.717, 1.165) is 91.1 Å². The van der Waals surface area contributed by atoms with Gasteiger partial charge in [0.2, 0.25) is 5.91 Å². The van der Waals surface area contributed by atoms with Crippen molar-refractivity contribution in [2.75, 3.05) is 44.7 Å². The fraction of sp³-hybridized carbons (Fsp3) is 0.395. The van der Waals surface area contributed by atoms with E-state index in [-0.39, 0.29) is 36.4 Å². The van der Waals surface area contributed by atoms with E-state index in [0.29, 0.717) is 37.3 Å². The molecule has 2 aliphatic rings. The predicted octanol–water partition coefficient (Wildman–Crippen LogP) is 6.15. The number of carbonyl (C=O) groups excluding carboxylic acids is 2. The van der Waals surface area contributed by atoms with E-state index in [4.69, 9.17) is 15.5 Å². The minimum absolute atomic E-state index is 0.108. The Morgan fingerprint density at radius 2 is 1.76 bits per heavy atom. The van der Waals surface area contributed by atoms with Crippen LogP contribution in [0.4, 0.5) is 10.1 Å². The lowest BCUT2D eigenvalue weighted by Gasteiger charge is -2.29. The van der Waals surface area contributed by atoms with Gasteiger partial charge in [-0.05, 0) is 110 Å². The first-order valence-corrected chi connectivity index (χ1v) is 19.5. The van der Waals surface area contributed by atoms with Gasteiger partial charge in [0, 0.05) is 74.4 Å². The molecule has 11 nitrogen and oxygen atoms in total. The highest BCUT2D eigenvalue weighted by Crippen LogP contribution is 2.33. The van der Waals surface area contributed by atoms with E-state index in [9.17, 15) is 9.59 Å². The zero-order valence-corrected chi connectivity index (χ0v) is 31.8. The maximum atomic E-state index is 15.6. The highest BCUT2D eigenvalue weighted by Gasteiger charge is 2.26. The van der Waals surface area contributed by atoms with Crippen molar-refractivity contribution >= 4 is 28.5 Å². The van der Waals surface area contributed by atoms with Crippen LogP contribution in [-0.4, -0.2) is 81.8 Å². The Morgan fingerprint density at radius 3 is 2.56 bits per heavy atom. The third-order valence-corrected chi connectivity index (χ3v) is 10.6. The number of amides is 2. The van der Waals surface area contributed by atoms with Gasteiger partial charge >= 0.3 is 0 Å². The van der Waals surface area contributed by atoms with Crippen molar-refractivity contribution in [3.63, 3.8) is 0 Å². The molecule has 2 fully saturated rings. The summed E-state index contributed by atoms with van der Waals surface area (Å²) in [7, 11) is 0. The van der Waals surface area contributed by atoms with Crippen molar-refractivity contribution < 1.29 is 18.7 Å². The van der Waals surface area contributed by atoms with Gasteiger partial charge in [-0.15, -0.1) is 0 Å². The second kappa shape index (κ2) is 17.5. The molecule has 0 spiro atoms. The molecule has 0 saturated carbocycles. The van der Waals surface area contributed by atoms with Crippen LogP contribution in [0.15, 0.2) is 72.9 Å². The molecule has 0 unspecified atom stereocenters. The molecule has 5 aromatic rings. The number of nitrogens with one attached hydrogen (secondary N) is 2. The predicted molar refractivity (Wildman–Crippen MR) is 213 cm³/mol. The molecule has 2 aromatic heterocycles. The minimum atomic E-state index is -0.621. The van der Waals surface area contributed by atoms with E-state index in [1.807, 2.05) is 36.0 Å². The standard InChI is InChI=1S/C43H51FN8O3/c1-3-39-38(40(48-36-12-18-55-19-13-36)37-25-47-52(4-2)42(37)49-39)28-51(43(54)33-11-6-10-32(23-33)41(45)53)27-30-21-34(24-35(44)22-30)31-9-5-8-29(20-31)26-50-16-7-14-46-15-17-50/h5-6,8-11,20-25,36,46H,3-4,7,12-19,26-28H2,1-2H3,(H2,45,53)(H,48,49). The largest absolute Gasteiger partial charge is 0.381 e. The van der Waals surface area contributed by atoms with Crippen LogP contribution in [0.5, 0.6) is 0 Å². The zero-order chi connectivity index (χ0) is 38.3. The molecule has 4 heterocycles. The van der Waals surface area contributed by atoms with Gasteiger partial charge in [-0.3, -0.25) is 14.5 Å². The zero-order valence-electron chi connectivity index (χ0n) is 31.8. The van der Waals surface area contributed by atoms with Crippen molar-refractivity contribution in [3.05, 3.63) is 112 Å². The molecule has 4 N–H and O–H groups in total. The van der Waals surface area contributed by atoms with Crippen LogP contribution in [0, 0.1) is 5.82 Å². The van der Waals surface area contributed by atoms with Crippen molar-refractivity contribution in [3.8, 4) is 11.1 Å². The molecule has 0 bridgehead atoms. The number of aryl methyl sites for hydroxylation is 2. The third kappa shape index (κ3) is 9.04. The van der Waals surface area contributed by atoms with Gasteiger partial charge in [0.05, 0.1) is 23.8 Å². The average molecular weight is 747 g/mol. The maximum absolute atomic E-state index is 15.6. The first-order valence-electron chi connectivity index (χ1n) is 19.5. The van der Waals surface area contributed by atoms with Crippen LogP contribution in [-0.2, 0) is 37.3 Å². The van der Waals surface area contributed by atoms with Crippen LogP contribution in [0.2, 0.25) is 0 Å². The van der Waals surface area contributed by atoms with Gasteiger partial charge in [-0.25, -0.2) is 14.1 Å². The number of pyridine rings is 1. The van der Waals surface area contributed by atoms with Gasteiger partial charge in [-0.1, -0.05) is 31.2 Å². The molecule has 55 heavy (non-hydrogen) atoms. The van der Waals surface area contributed by atoms with E-state index in [1.54, 1.807) is 29.2 Å². The minimum Gasteiger partial charge on any atom is -0.381 e. The van der Waals surface area contributed by atoms with Crippen molar-refractivity contribution in [2.24, 2.45) is 5.73 Å². The summed E-state index contributed by atoms with van der Waals surface area (Å²) in [5.41, 5.74) is 13.1. The number of nitrogens with zero attached hydrogens (tertiary/aromatic N) is 5. The first-order chi connectivity index (χ1) is 26.8. The number of benzene rings is 3. The summed E-state index contributed by atoms with van der Waals surface area (Å²) < 4.78 is 23.2. The molecule has 0 radical (unpaired) electrons. The lowest BCUT2D eigenvalue weighted by molar-refractivity contribution is 0.0729. The van der Waals surface area contributed by atoms with E-state index in [1.165, 1.54) is 17.7 Å². The Balaban J connectivity index is 1.27. The van der Waals surface area contributed by atoms with E-state index < -0.39 is 5.91 Å². The number of rotatable bonds is 13. The van der Waals surface area contributed by atoms with Gasteiger partial charge in [0.25, 0.3) is 5.91 Å². The van der Waals surface area contributed by atoms with Crippen molar-refractivity contribution in [1.82, 2.24) is 29.9 Å². The normalized spacial score (nSPS) is 15.5. The summed E-state index contributed by atoms with van der Waals surface area (Å²) in [6.45, 7) is 11.2. The molecule has 3 aromatic carbocycles. The smallest absolute Gasteiger partial charge is 0.254 e. The van der Waals surface area contributed by atoms with Crippen molar-refractivity contribution in [2.45, 2.75) is 71.8 Å². The third-order valence-electron chi connectivity index (χ3n) is 10.6. The Hall–Kier alpha value is -5.17.